The molecule has 0 spiro atoms. The van der Waals surface area contributed by atoms with E-state index in [4.69, 9.17) is 14.8 Å². The molecule has 3 aliphatic rings. The van der Waals surface area contributed by atoms with Gasteiger partial charge in [0.25, 0.3) is 5.91 Å². The SMILES string of the molecule is CCOP(=O)(OCC)C(Nc1ccccc1)c1ccc(-c2cc(N(C)C)c3c(c2O)C(=O)C2=C(O)[C@@]4(O)C(=O)C(C(N)=O)=C(O)[C@H](N(C)C)[C@H]4C[C@H]2C3)cc1. The van der Waals surface area contributed by atoms with Gasteiger partial charge in [0.2, 0.25) is 5.78 Å². The van der Waals surface area contributed by atoms with Gasteiger partial charge in [-0.2, -0.15) is 0 Å². The second-order valence-electron chi connectivity index (χ2n) is 14.4. The van der Waals surface area contributed by atoms with Gasteiger partial charge in [0.15, 0.2) is 17.2 Å². The number of fused-ring (bicyclic) bond motifs is 3. The number of Topliss-reactive ketones (excluding diaryl/α,β-unsaturated/α-hetero) is 2. The average Bonchev–Trinajstić information content (AvgIpc) is 3.12. The minimum absolute atomic E-state index is 0.0197. The van der Waals surface area contributed by atoms with Crippen LogP contribution in [-0.2, 0) is 29.6 Å². The van der Waals surface area contributed by atoms with Crippen LogP contribution in [-0.4, -0.2) is 95.8 Å². The summed E-state index contributed by atoms with van der Waals surface area (Å²) in [6.07, 6.45) is 0.125. The van der Waals surface area contributed by atoms with Gasteiger partial charge in [0.1, 0.15) is 22.8 Å². The largest absolute Gasteiger partial charge is 0.510 e. The molecule has 1 amide bonds. The van der Waals surface area contributed by atoms with Crippen molar-refractivity contribution >= 4 is 36.4 Å². The fraction of sp³-hybridized carbons (Fsp3) is 0.375. The first-order valence-electron chi connectivity index (χ1n) is 18.0. The van der Waals surface area contributed by atoms with E-state index in [1.807, 2.05) is 30.3 Å². The van der Waals surface area contributed by atoms with E-state index in [9.17, 15) is 39.4 Å². The molecule has 15 heteroatoms. The molecule has 3 aliphatic carbocycles. The van der Waals surface area contributed by atoms with Crippen LogP contribution in [0, 0.1) is 11.8 Å². The number of nitrogens with one attached hydrogen (secondary N) is 1. The molecule has 292 valence electrons. The molecular weight excluding hydrogens is 727 g/mol. The lowest BCUT2D eigenvalue weighted by molar-refractivity contribution is -0.148. The number of nitrogens with zero attached hydrogens (tertiary/aromatic N) is 2. The maximum absolute atomic E-state index is 14.6. The van der Waals surface area contributed by atoms with Gasteiger partial charge in [-0.15, -0.1) is 0 Å². The van der Waals surface area contributed by atoms with E-state index in [0.717, 1.165) is 0 Å². The average molecular weight is 775 g/mol. The summed E-state index contributed by atoms with van der Waals surface area (Å²) in [4.78, 5) is 44.0. The number of hydrogen-bond acceptors (Lipinski definition) is 13. The smallest absolute Gasteiger partial charge is 0.357 e. The van der Waals surface area contributed by atoms with Crippen LogP contribution in [0.1, 0.15) is 47.5 Å². The minimum atomic E-state index is -3.75. The first-order valence-corrected chi connectivity index (χ1v) is 19.6. The molecule has 0 aliphatic heterocycles. The van der Waals surface area contributed by atoms with Crippen molar-refractivity contribution in [3.8, 4) is 16.9 Å². The molecule has 0 radical (unpaired) electrons. The second-order valence-corrected chi connectivity index (χ2v) is 16.5. The third kappa shape index (κ3) is 6.51. The van der Waals surface area contributed by atoms with Crippen LogP contribution in [0.4, 0.5) is 11.4 Å². The first-order chi connectivity index (χ1) is 26.0. The third-order valence-electron chi connectivity index (χ3n) is 10.7. The number of para-hydroxylation sites is 1. The van der Waals surface area contributed by atoms with Crippen molar-refractivity contribution in [2.24, 2.45) is 17.6 Å². The summed E-state index contributed by atoms with van der Waals surface area (Å²) in [7, 11) is 3.00. The second kappa shape index (κ2) is 14.9. The van der Waals surface area contributed by atoms with Gasteiger partial charge in [-0.1, -0.05) is 42.5 Å². The monoisotopic (exact) mass is 774 g/mol. The molecule has 1 unspecified atom stereocenters. The number of nitrogens with two attached hydrogens (primary N) is 1. The maximum Gasteiger partial charge on any atom is 0.357 e. The summed E-state index contributed by atoms with van der Waals surface area (Å²) in [6.45, 7) is 3.75. The Balaban J connectivity index is 1.46. The summed E-state index contributed by atoms with van der Waals surface area (Å²) in [5, 5.41) is 50.0. The molecule has 14 nitrogen and oxygen atoms in total. The number of benzene rings is 3. The van der Waals surface area contributed by atoms with Gasteiger partial charge in [0.05, 0.1) is 24.8 Å². The molecule has 0 saturated carbocycles. The van der Waals surface area contributed by atoms with E-state index in [1.165, 1.54) is 4.90 Å². The molecule has 7 N–H and O–H groups in total. The molecule has 3 aromatic carbocycles. The number of primary amides is 1. The van der Waals surface area contributed by atoms with Gasteiger partial charge in [0, 0.05) is 42.5 Å². The quantitative estimate of drug-likeness (QED) is 0.103. The third-order valence-corrected chi connectivity index (χ3v) is 13.0. The van der Waals surface area contributed by atoms with E-state index in [1.54, 1.807) is 77.3 Å². The molecule has 5 atom stereocenters. The highest BCUT2D eigenvalue weighted by atomic mass is 31.2. The topological polar surface area (TPSA) is 212 Å². The fourth-order valence-electron chi connectivity index (χ4n) is 8.35. The predicted octanol–water partition coefficient (Wildman–Crippen LogP) is 5.23. The number of amides is 1. The van der Waals surface area contributed by atoms with Gasteiger partial charge in [-0.3, -0.25) is 23.8 Å². The number of rotatable bonds is 12. The summed E-state index contributed by atoms with van der Waals surface area (Å²) in [5.74, 6) is -8.05. The Hall–Kier alpha value is -4.98. The number of ketones is 2. The number of allylic oxidation sites excluding steroid dienone is 1. The number of aromatic hydroxyl groups is 1. The highest BCUT2D eigenvalue weighted by Gasteiger charge is 2.63. The Kier molecular flexibility index (Phi) is 10.8. The Morgan fingerprint density at radius 2 is 1.62 bits per heavy atom. The minimum Gasteiger partial charge on any atom is -0.510 e. The molecule has 0 bridgehead atoms. The Morgan fingerprint density at radius 3 is 2.16 bits per heavy atom. The molecule has 0 fully saturated rings. The molecule has 3 aromatic rings. The van der Waals surface area contributed by atoms with E-state index >= 15 is 0 Å². The van der Waals surface area contributed by atoms with Crippen molar-refractivity contribution in [2.45, 2.75) is 44.1 Å². The van der Waals surface area contributed by atoms with Crippen LogP contribution in [0.15, 0.2) is 83.3 Å². The number of phenolic OH excluding ortho intramolecular Hbond substituents is 1. The van der Waals surface area contributed by atoms with Crippen LogP contribution in [0.3, 0.4) is 0 Å². The van der Waals surface area contributed by atoms with Crippen LogP contribution in [0.25, 0.3) is 11.1 Å². The molecule has 0 aromatic heterocycles. The van der Waals surface area contributed by atoms with Gasteiger partial charge in [-0.25, -0.2) is 0 Å². The van der Waals surface area contributed by atoms with Gasteiger partial charge >= 0.3 is 7.60 Å². The predicted molar refractivity (Wildman–Crippen MR) is 207 cm³/mol. The van der Waals surface area contributed by atoms with Crippen LogP contribution in [0.5, 0.6) is 5.75 Å². The molecule has 0 heterocycles. The highest BCUT2D eigenvalue weighted by Crippen LogP contribution is 2.61. The van der Waals surface area contributed by atoms with E-state index < -0.39 is 71.4 Å². The number of aliphatic hydroxyl groups excluding tert-OH is 2. The number of carbonyl (C=O) groups is 3. The highest BCUT2D eigenvalue weighted by molar-refractivity contribution is 7.54. The summed E-state index contributed by atoms with van der Waals surface area (Å²) in [5.41, 5.74) is 4.68. The first kappa shape index (κ1) is 39.7. The van der Waals surface area contributed by atoms with E-state index in [0.29, 0.717) is 28.1 Å². The van der Waals surface area contributed by atoms with Crippen molar-refractivity contribution < 1.29 is 48.4 Å². The Morgan fingerprint density at radius 1 is 1.00 bits per heavy atom. The van der Waals surface area contributed by atoms with Gasteiger partial charge in [-0.05, 0) is 81.6 Å². The summed E-state index contributed by atoms with van der Waals surface area (Å²) >= 11 is 0. The zero-order chi connectivity index (χ0) is 40.1. The Bertz CT molecular complexity index is 2140. The number of aliphatic hydroxyl groups is 3. The maximum atomic E-state index is 14.6. The zero-order valence-electron chi connectivity index (χ0n) is 31.6. The van der Waals surface area contributed by atoms with Crippen LogP contribution in [0.2, 0.25) is 0 Å². The van der Waals surface area contributed by atoms with Crippen molar-refractivity contribution in [3.63, 3.8) is 0 Å². The van der Waals surface area contributed by atoms with Crippen molar-refractivity contribution in [2.75, 3.05) is 51.6 Å². The number of phenols is 1. The molecule has 55 heavy (non-hydrogen) atoms. The molecule has 0 saturated heterocycles. The van der Waals surface area contributed by atoms with Crippen molar-refractivity contribution in [3.05, 3.63) is 100 Å². The molecular formula is C40H47N4O10P. The standard InChI is InChI=1S/C40H47N4O10P/c1-7-53-55(52,54-8-2)39(42-24-12-10-9-11-13-24)22-16-14-21(15-17-22)25-20-28(43(3)4)26-18-23-19-27-32(44(5)6)35(47)31(38(41)50)37(49)40(27,51)36(48)29(23)34(46)30(26)33(25)45/h9-17,20,23,27,32,39,42,45,47-48,51H,7-8,18-19H2,1-6H3,(H2,41,50)/t23-,27-,32-,39?,40-/m1/s1. The summed E-state index contributed by atoms with van der Waals surface area (Å²) < 4.78 is 25.6. The van der Waals surface area contributed by atoms with Crippen molar-refractivity contribution in [1.82, 2.24) is 4.90 Å². The number of hydrogen-bond donors (Lipinski definition) is 6. The lowest BCUT2D eigenvalue weighted by atomic mass is 9.58. The summed E-state index contributed by atoms with van der Waals surface area (Å²) in [6, 6.07) is 16.8. The van der Waals surface area contributed by atoms with Crippen molar-refractivity contribution in [1.29, 1.82) is 0 Å². The van der Waals surface area contributed by atoms with Crippen LogP contribution >= 0.6 is 7.60 Å². The Labute approximate surface area is 319 Å². The van der Waals surface area contributed by atoms with E-state index in [2.05, 4.69) is 5.32 Å². The lowest BCUT2D eigenvalue weighted by Gasteiger charge is -2.50. The number of carbonyl (C=O) groups excluding carboxylic acids is 3. The fourth-order valence-corrected chi connectivity index (χ4v) is 10.3. The lowest BCUT2D eigenvalue weighted by Crippen LogP contribution is -2.63. The number of anilines is 2. The van der Waals surface area contributed by atoms with Gasteiger partial charge < -0.3 is 45.4 Å². The molecule has 6 rings (SSSR count). The van der Waals surface area contributed by atoms with E-state index in [-0.39, 0.29) is 48.5 Å². The normalized spacial score (nSPS) is 22.9. The zero-order valence-corrected chi connectivity index (χ0v) is 32.5. The van der Waals surface area contributed by atoms with Crippen LogP contribution < -0.4 is 16.0 Å². The number of likely N-dealkylation sites (N-methyl/N-ethyl adjacent to an activating group) is 1.